The van der Waals surface area contributed by atoms with Gasteiger partial charge in [-0.05, 0) is 32.8 Å². The molecule has 7 nitrogen and oxygen atoms in total. The molecule has 4 rings (SSSR count). The van der Waals surface area contributed by atoms with Crippen LogP contribution in [-0.2, 0) is 7.05 Å². The van der Waals surface area contributed by atoms with Crippen LogP contribution >= 0.6 is 0 Å². The Morgan fingerprint density at radius 1 is 1.24 bits per heavy atom. The molecule has 1 saturated heterocycles. The first-order valence-corrected chi connectivity index (χ1v) is 8.67. The second-order valence-corrected chi connectivity index (χ2v) is 6.92. The van der Waals surface area contributed by atoms with Gasteiger partial charge in [0.15, 0.2) is 5.65 Å². The molecule has 0 bridgehead atoms. The molecule has 1 aliphatic rings. The third kappa shape index (κ3) is 2.69. The number of nitrogens with zero attached hydrogens (tertiary/aromatic N) is 6. The van der Waals surface area contributed by atoms with E-state index >= 15 is 0 Å². The first-order valence-electron chi connectivity index (χ1n) is 8.67. The lowest BCUT2D eigenvalue weighted by Gasteiger charge is -2.24. The number of aryl methyl sites for hydroxylation is 1. The Kier molecular flexibility index (Phi) is 3.78. The van der Waals surface area contributed by atoms with Crippen molar-refractivity contribution < 1.29 is 4.79 Å². The lowest BCUT2D eigenvalue weighted by Crippen LogP contribution is -2.30. The molecule has 4 heterocycles. The molecule has 0 aliphatic carbocycles. The Morgan fingerprint density at radius 3 is 2.80 bits per heavy atom. The fourth-order valence-electron chi connectivity index (χ4n) is 3.57. The summed E-state index contributed by atoms with van der Waals surface area (Å²) in [6.07, 6.45) is 9.27. The van der Waals surface area contributed by atoms with Gasteiger partial charge < -0.3 is 4.90 Å². The second kappa shape index (κ2) is 5.98. The number of aromatic nitrogens is 5. The zero-order valence-electron chi connectivity index (χ0n) is 14.8. The summed E-state index contributed by atoms with van der Waals surface area (Å²) in [5.74, 6) is 0.0260. The molecule has 1 aliphatic heterocycles. The highest BCUT2D eigenvalue weighted by molar-refractivity contribution is 5.97. The highest BCUT2D eigenvalue weighted by Crippen LogP contribution is 2.33. The van der Waals surface area contributed by atoms with Crippen LogP contribution in [0.15, 0.2) is 30.9 Å². The van der Waals surface area contributed by atoms with Crippen molar-refractivity contribution in [1.82, 2.24) is 29.4 Å². The number of carbonyl (C=O) groups is 1. The molecule has 0 unspecified atom stereocenters. The van der Waals surface area contributed by atoms with E-state index in [1.165, 1.54) is 0 Å². The second-order valence-electron chi connectivity index (χ2n) is 6.92. The number of fused-ring (bicyclic) bond motifs is 1. The van der Waals surface area contributed by atoms with Gasteiger partial charge in [0, 0.05) is 43.0 Å². The van der Waals surface area contributed by atoms with Crippen LogP contribution in [0.25, 0.3) is 11.0 Å². The first-order chi connectivity index (χ1) is 12.0. The van der Waals surface area contributed by atoms with Gasteiger partial charge in [-0.3, -0.25) is 9.48 Å². The minimum absolute atomic E-state index is 0.0260. The summed E-state index contributed by atoms with van der Waals surface area (Å²) in [6, 6.07) is 2.23. The third-order valence-electron chi connectivity index (χ3n) is 4.79. The number of pyridine rings is 1. The Balaban J connectivity index is 1.64. The Hall–Kier alpha value is -2.70. The zero-order valence-corrected chi connectivity index (χ0v) is 14.8. The Morgan fingerprint density at radius 2 is 2.08 bits per heavy atom. The lowest BCUT2D eigenvalue weighted by molar-refractivity contribution is 0.0735. The van der Waals surface area contributed by atoms with Crippen LogP contribution in [0, 0.1) is 0 Å². The van der Waals surface area contributed by atoms with Crippen molar-refractivity contribution in [3.05, 3.63) is 42.0 Å². The maximum Gasteiger partial charge on any atom is 0.255 e. The lowest BCUT2D eigenvalue weighted by atomic mass is 10.1. The molecule has 25 heavy (non-hydrogen) atoms. The SMILES string of the molecule is CC(C)n1ncc2cc(C(=O)N3CCC[C@H]3c3cnn(C)c3)cnc21. The molecule has 0 N–H and O–H groups in total. The van der Waals surface area contributed by atoms with Crippen LogP contribution in [0.1, 0.15) is 54.7 Å². The van der Waals surface area contributed by atoms with Gasteiger partial charge in [0.2, 0.25) is 0 Å². The summed E-state index contributed by atoms with van der Waals surface area (Å²) in [7, 11) is 1.90. The van der Waals surface area contributed by atoms with Crippen molar-refractivity contribution in [2.45, 2.75) is 38.8 Å². The number of hydrogen-bond donors (Lipinski definition) is 0. The molecule has 1 amide bonds. The van der Waals surface area contributed by atoms with Crippen LogP contribution in [0.4, 0.5) is 0 Å². The predicted molar refractivity (Wildman–Crippen MR) is 94.1 cm³/mol. The van der Waals surface area contributed by atoms with Crippen molar-refractivity contribution in [2.24, 2.45) is 7.05 Å². The van der Waals surface area contributed by atoms with E-state index in [0.29, 0.717) is 5.56 Å². The molecule has 3 aromatic rings. The van der Waals surface area contributed by atoms with Gasteiger partial charge in [0.1, 0.15) is 0 Å². The topological polar surface area (TPSA) is 68.8 Å². The van der Waals surface area contributed by atoms with E-state index in [-0.39, 0.29) is 18.0 Å². The van der Waals surface area contributed by atoms with Crippen LogP contribution in [0.5, 0.6) is 0 Å². The van der Waals surface area contributed by atoms with E-state index in [0.717, 1.165) is 36.0 Å². The molecule has 0 spiro atoms. The van der Waals surface area contributed by atoms with Gasteiger partial charge in [0.25, 0.3) is 5.91 Å². The maximum absolute atomic E-state index is 13.1. The smallest absolute Gasteiger partial charge is 0.255 e. The fourth-order valence-corrected chi connectivity index (χ4v) is 3.57. The number of carbonyl (C=O) groups excluding carboxylic acids is 1. The molecule has 0 saturated carbocycles. The molecule has 7 heteroatoms. The molecule has 1 fully saturated rings. The van der Waals surface area contributed by atoms with Gasteiger partial charge in [-0.25, -0.2) is 9.67 Å². The van der Waals surface area contributed by atoms with Gasteiger partial charge in [0.05, 0.1) is 24.0 Å². The first kappa shape index (κ1) is 15.8. The number of rotatable bonds is 3. The van der Waals surface area contributed by atoms with E-state index in [1.54, 1.807) is 17.1 Å². The summed E-state index contributed by atoms with van der Waals surface area (Å²) in [5.41, 5.74) is 2.53. The average molecular weight is 338 g/mol. The molecule has 3 aromatic heterocycles. The van der Waals surface area contributed by atoms with Crippen molar-refractivity contribution in [1.29, 1.82) is 0 Å². The molecule has 1 atom stereocenters. The number of hydrogen-bond acceptors (Lipinski definition) is 4. The van der Waals surface area contributed by atoms with Crippen LogP contribution in [0.2, 0.25) is 0 Å². The standard InChI is InChI=1S/C18H22N6O/c1-12(2)24-17-13(9-21-24)7-14(8-19-17)18(25)23-6-4-5-16(23)15-10-20-22(3)11-15/h7-12,16H,4-6H2,1-3H3/t16-/m0/s1. The maximum atomic E-state index is 13.1. The summed E-state index contributed by atoms with van der Waals surface area (Å²) in [5, 5.41) is 9.52. The van der Waals surface area contributed by atoms with Gasteiger partial charge in [-0.15, -0.1) is 0 Å². The molecule has 0 radical (unpaired) electrons. The minimum Gasteiger partial charge on any atom is -0.331 e. The molecule has 130 valence electrons. The quantitative estimate of drug-likeness (QED) is 0.736. The van der Waals surface area contributed by atoms with Crippen molar-refractivity contribution in [2.75, 3.05) is 6.54 Å². The van der Waals surface area contributed by atoms with Crippen molar-refractivity contribution >= 4 is 16.9 Å². The van der Waals surface area contributed by atoms with Crippen LogP contribution in [0.3, 0.4) is 0 Å². The average Bonchev–Trinajstić information content (AvgIpc) is 3.31. The van der Waals surface area contributed by atoms with Crippen molar-refractivity contribution in [3.8, 4) is 0 Å². The van der Waals surface area contributed by atoms with E-state index in [4.69, 9.17) is 0 Å². The summed E-state index contributed by atoms with van der Waals surface area (Å²) in [4.78, 5) is 19.5. The summed E-state index contributed by atoms with van der Waals surface area (Å²) >= 11 is 0. The van der Waals surface area contributed by atoms with Crippen LogP contribution < -0.4 is 0 Å². The predicted octanol–water partition coefficient (Wildman–Crippen LogP) is 2.72. The zero-order chi connectivity index (χ0) is 17.6. The minimum atomic E-state index is 0.0260. The van der Waals surface area contributed by atoms with E-state index in [9.17, 15) is 4.79 Å². The van der Waals surface area contributed by atoms with Gasteiger partial charge >= 0.3 is 0 Å². The monoisotopic (exact) mass is 338 g/mol. The summed E-state index contributed by atoms with van der Waals surface area (Å²) < 4.78 is 3.65. The molecular weight excluding hydrogens is 316 g/mol. The molecular formula is C18H22N6O. The van der Waals surface area contributed by atoms with Gasteiger partial charge in [-0.2, -0.15) is 10.2 Å². The van der Waals surface area contributed by atoms with E-state index in [1.807, 2.05) is 35.1 Å². The Bertz CT molecular complexity index is 925. The number of amides is 1. The van der Waals surface area contributed by atoms with E-state index < -0.39 is 0 Å². The highest BCUT2D eigenvalue weighted by Gasteiger charge is 2.31. The Labute approximate surface area is 146 Å². The normalized spacial score (nSPS) is 17.8. The number of likely N-dealkylation sites (tertiary alicyclic amines) is 1. The molecule has 0 aromatic carbocycles. The largest absolute Gasteiger partial charge is 0.331 e. The van der Waals surface area contributed by atoms with Crippen molar-refractivity contribution in [3.63, 3.8) is 0 Å². The summed E-state index contributed by atoms with van der Waals surface area (Å²) in [6.45, 7) is 4.90. The third-order valence-corrected chi connectivity index (χ3v) is 4.79. The van der Waals surface area contributed by atoms with Gasteiger partial charge in [-0.1, -0.05) is 0 Å². The van der Waals surface area contributed by atoms with Crippen LogP contribution in [-0.4, -0.2) is 41.9 Å². The van der Waals surface area contributed by atoms with E-state index in [2.05, 4.69) is 29.0 Å². The fraction of sp³-hybridized carbons (Fsp3) is 0.444. The highest BCUT2D eigenvalue weighted by atomic mass is 16.2.